The van der Waals surface area contributed by atoms with Gasteiger partial charge in [0.25, 0.3) is 0 Å². The third-order valence-corrected chi connectivity index (χ3v) is 1.28. The second-order valence-corrected chi connectivity index (χ2v) is 2.52. The normalized spacial score (nSPS) is 14.0. The third-order valence-electron chi connectivity index (χ3n) is 1.28. The molecule has 0 saturated heterocycles. The summed E-state index contributed by atoms with van der Waals surface area (Å²) in [6, 6.07) is 0. The lowest BCUT2D eigenvalue weighted by molar-refractivity contribution is 0.249. The average Bonchev–Trinajstić information content (AvgIpc) is 2.36. The Hall–Kier alpha value is -0.930. The minimum absolute atomic E-state index is 0.0482. The summed E-state index contributed by atoms with van der Waals surface area (Å²) in [7, 11) is 0. The Labute approximate surface area is 58.7 Å². The van der Waals surface area contributed by atoms with Crippen LogP contribution in [0.4, 0.5) is 4.39 Å². The molecule has 10 heavy (non-hydrogen) atoms. The summed E-state index contributed by atoms with van der Waals surface area (Å²) < 4.78 is 13.0. The Morgan fingerprint density at radius 2 is 2.30 bits per heavy atom. The van der Waals surface area contributed by atoms with Crippen LogP contribution in [0, 0.1) is 5.92 Å². The molecule has 56 valence electrons. The first-order valence-electron chi connectivity index (χ1n) is 3.21. The van der Waals surface area contributed by atoms with Crippen molar-refractivity contribution in [3.05, 3.63) is 12.2 Å². The maximum absolute atomic E-state index is 13.0. The molecule has 1 aromatic heterocycles. The number of aromatic amines is 1. The molecule has 0 amide bonds. The molecule has 0 aromatic carbocycles. The van der Waals surface area contributed by atoms with Crippen LogP contribution in [0.2, 0.25) is 0 Å². The summed E-state index contributed by atoms with van der Waals surface area (Å²) >= 11 is 0. The van der Waals surface area contributed by atoms with Crippen LogP contribution >= 0.6 is 0 Å². The molecule has 1 rings (SSSR count). The van der Waals surface area contributed by atoms with E-state index in [1.807, 2.05) is 0 Å². The number of hydrogen-bond donors (Lipinski definition) is 1. The average molecular weight is 143 g/mol. The summed E-state index contributed by atoms with van der Waals surface area (Å²) in [5, 5.41) is 6.03. The molecule has 0 spiro atoms. The number of nitrogens with zero attached hydrogens (tertiary/aromatic N) is 2. The Balaban J connectivity index is 2.68. The lowest BCUT2D eigenvalue weighted by atomic mass is 10.1. The molecule has 0 aliphatic rings. The number of alkyl halides is 1. The monoisotopic (exact) mass is 143 g/mol. The molecular weight excluding hydrogens is 133 g/mol. The zero-order valence-electron chi connectivity index (χ0n) is 6.00. The van der Waals surface area contributed by atoms with Crippen molar-refractivity contribution in [1.29, 1.82) is 0 Å². The summed E-state index contributed by atoms with van der Waals surface area (Å²) in [6.07, 6.45) is 0.284. The van der Waals surface area contributed by atoms with Crippen molar-refractivity contribution in [3.8, 4) is 0 Å². The fourth-order valence-corrected chi connectivity index (χ4v) is 0.664. The zero-order valence-corrected chi connectivity index (χ0v) is 6.00. The van der Waals surface area contributed by atoms with Gasteiger partial charge in [-0.2, -0.15) is 5.10 Å². The second-order valence-electron chi connectivity index (χ2n) is 2.52. The maximum atomic E-state index is 13.0. The summed E-state index contributed by atoms with van der Waals surface area (Å²) in [6.45, 7) is 3.60. The van der Waals surface area contributed by atoms with E-state index in [9.17, 15) is 4.39 Å². The highest BCUT2D eigenvalue weighted by atomic mass is 19.1. The molecule has 0 bridgehead atoms. The molecular formula is C6H10FN3. The first kappa shape index (κ1) is 7.18. The van der Waals surface area contributed by atoms with Crippen molar-refractivity contribution in [2.24, 2.45) is 5.92 Å². The molecule has 1 N–H and O–H groups in total. The number of halogens is 1. The topological polar surface area (TPSA) is 41.6 Å². The summed E-state index contributed by atoms with van der Waals surface area (Å²) in [5.74, 6) is 0.267. The van der Waals surface area contributed by atoms with Gasteiger partial charge in [0, 0.05) is 0 Å². The van der Waals surface area contributed by atoms with E-state index >= 15 is 0 Å². The van der Waals surface area contributed by atoms with E-state index in [1.54, 1.807) is 13.8 Å². The Kier molecular flexibility index (Phi) is 1.99. The van der Waals surface area contributed by atoms with E-state index in [-0.39, 0.29) is 5.92 Å². The van der Waals surface area contributed by atoms with Crippen LogP contribution < -0.4 is 0 Å². The zero-order chi connectivity index (χ0) is 7.56. The molecule has 1 unspecified atom stereocenters. The molecule has 0 radical (unpaired) electrons. The van der Waals surface area contributed by atoms with Crippen LogP contribution in [0.25, 0.3) is 0 Å². The van der Waals surface area contributed by atoms with Gasteiger partial charge < -0.3 is 0 Å². The van der Waals surface area contributed by atoms with Crippen molar-refractivity contribution < 1.29 is 4.39 Å². The predicted octanol–water partition coefficient (Wildman–Crippen LogP) is 1.47. The first-order chi connectivity index (χ1) is 4.72. The first-order valence-corrected chi connectivity index (χ1v) is 3.21. The van der Waals surface area contributed by atoms with Gasteiger partial charge in [-0.3, -0.25) is 5.10 Å². The number of aromatic nitrogens is 3. The largest absolute Gasteiger partial charge is 0.261 e. The van der Waals surface area contributed by atoms with Gasteiger partial charge in [-0.15, -0.1) is 0 Å². The fraction of sp³-hybridized carbons (Fsp3) is 0.667. The fourth-order valence-electron chi connectivity index (χ4n) is 0.664. The van der Waals surface area contributed by atoms with Crippen molar-refractivity contribution >= 4 is 0 Å². The number of nitrogens with one attached hydrogen (secondary N) is 1. The van der Waals surface area contributed by atoms with Crippen LogP contribution in [0.5, 0.6) is 0 Å². The van der Waals surface area contributed by atoms with Gasteiger partial charge in [-0.25, -0.2) is 9.37 Å². The highest BCUT2D eigenvalue weighted by molar-refractivity contribution is 4.87. The Morgan fingerprint density at radius 3 is 2.70 bits per heavy atom. The van der Waals surface area contributed by atoms with Gasteiger partial charge in [0.1, 0.15) is 6.33 Å². The second kappa shape index (κ2) is 2.77. The highest BCUT2D eigenvalue weighted by Crippen LogP contribution is 2.20. The third kappa shape index (κ3) is 1.32. The van der Waals surface area contributed by atoms with E-state index in [0.29, 0.717) is 5.82 Å². The van der Waals surface area contributed by atoms with Crippen molar-refractivity contribution in [3.63, 3.8) is 0 Å². The molecule has 4 heteroatoms. The number of H-pyrrole nitrogens is 1. The minimum atomic E-state index is -1.03. The molecule has 0 aliphatic heterocycles. The van der Waals surface area contributed by atoms with Gasteiger partial charge in [0.05, 0.1) is 0 Å². The van der Waals surface area contributed by atoms with E-state index in [0.717, 1.165) is 0 Å². The summed E-state index contributed by atoms with van der Waals surface area (Å²) in [5.41, 5.74) is 0. The summed E-state index contributed by atoms with van der Waals surface area (Å²) in [4.78, 5) is 3.70. The van der Waals surface area contributed by atoms with E-state index in [4.69, 9.17) is 0 Å². The van der Waals surface area contributed by atoms with Crippen LogP contribution in [0.3, 0.4) is 0 Å². The van der Waals surface area contributed by atoms with Crippen LogP contribution in [-0.4, -0.2) is 15.2 Å². The van der Waals surface area contributed by atoms with E-state index in [2.05, 4.69) is 15.2 Å². The van der Waals surface area contributed by atoms with Crippen molar-refractivity contribution in [2.75, 3.05) is 0 Å². The minimum Gasteiger partial charge on any atom is -0.261 e. The molecule has 0 aliphatic carbocycles. The van der Waals surface area contributed by atoms with Gasteiger partial charge in [0.2, 0.25) is 0 Å². The van der Waals surface area contributed by atoms with Crippen LogP contribution in [0.15, 0.2) is 6.33 Å². The predicted molar refractivity (Wildman–Crippen MR) is 35.1 cm³/mol. The number of rotatable bonds is 2. The molecule has 3 nitrogen and oxygen atoms in total. The molecule has 0 fully saturated rings. The smallest absolute Gasteiger partial charge is 0.161 e. The maximum Gasteiger partial charge on any atom is 0.161 e. The van der Waals surface area contributed by atoms with Crippen molar-refractivity contribution in [1.82, 2.24) is 15.2 Å². The van der Waals surface area contributed by atoms with Gasteiger partial charge in [0.15, 0.2) is 12.0 Å². The molecule has 1 atom stereocenters. The lowest BCUT2D eigenvalue weighted by Crippen LogP contribution is -2.02. The SMILES string of the molecule is CC(C)C(F)c1ncn[nH]1. The van der Waals surface area contributed by atoms with Gasteiger partial charge in [-0.05, 0) is 5.92 Å². The molecule has 0 saturated carbocycles. The van der Waals surface area contributed by atoms with Crippen LogP contribution in [0.1, 0.15) is 25.8 Å². The Bertz CT molecular complexity index is 183. The number of hydrogen-bond acceptors (Lipinski definition) is 2. The van der Waals surface area contributed by atoms with Crippen LogP contribution in [-0.2, 0) is 0 Å². The van der Waals surface area contributed by atoms with E-state index in [1.165, 1.54) is 6.33 Å². The highest BCUT2D eigenvalue weighted by Gasteiger charge is 2.16. The van der Waals surface area contributed by atoms with Gasteiger partial charge >= 0.3 is 0 Å². The standard InChI is InChI=1S/C6H10FN3/c1-4(2)5(7)6-8-3-9-10-6/h3-5H,1-2H3,(H,8,9,10). The van der Waals surface area contributed by atoms with Gasteiger partial charge in [-0.1, -0.05) is 13.8 Å². The molecule has 1 heterocycles. The van der Waals surface area contributed by atoms with Crippen molar-refractivity contribution in [2.45, 2.75) is 20.0 Å². The Morgan fingerprint density at radius 1 is 1.60 bits per heavy atom. The quantitative estimate of drug-likeness (QED) is 0.681. The molecule has 1 aromatic rings. The lowest BCUT2D eigenvalue weighted by Gasteiger charge is -2.06. The van der Waals surface area contributed by atoms with E-state index < -0.39 is 6.17 Å².